The Kier molecular flexibility index (Phi) is 4.15. The van der Waals surface area contributed by atoms with Crippen LogP contribution in [0.15, 0.2) is 48.5 Å². The van der Waals surface area contributed by atoms with Crippen molar-refractivity contribution in [2.45, 2.75) is 13.5 Å². The van der Waals surface area contributed by atoms with Crippen molar-refractivity contribution in [2.75, 3.05) is 0 Å². The van der Waals surface area contributed by atoms with Gasteiger partial charge >= 0.3 is 0 Å². The van der Waals surface area contributed by atoms with Gasteiger partial charge in [-0.25, -0.2) is 5.84 Å². The van der Waals surface area contributed by atoms with Crippen LogP contribution >= 0.6 is 0 Å². The molecule has 98 valence electrons. The van der Waals surface area contributed by atoms with Gasteiger partial charge in [-0.2, -0.15) is 0 Å². The molecule has 0 aliphatic rings. The maximum Gasteiger partial charge on any atom is 0.265 e. The molecular formula is C15H16N2O2. The monoisotopic (exact) mass is 256 g/mol. The smallest absolute Gasteiger partial charge is 0.265 e. The first-order chi connectivity index (χ1) is 9.22. The lowest BCUT2D eigenvalue weighted by Crippen LogP contribution is -2.30. The van der Waals surface area contributed by atoms with Crippen LogP contribution in [0, 0.1) is 6.92 Å². The van der Waals surface area contributed by atoms with Crippen molar-refractivity contribution in [3.8, 4) is 5.75 Å². The number of hydrazine groups is 1. The van der Waals surface area contributed by atoms with Crippen LogP contribution in [0.5, 0.6) is 5.75 Å². The fourth-order valence-electron chi connectivity index (χ4n) is 1.82. The van der Waals surface area contributed by atoms with Crippen LogP contribution in [0.1, 0.15) is 21.5 Å². The van der Waals surface area contributed by atoms with Gasteiger partial charge in [-0.15, -0.1) is 0 Å². The van der Waals surface area contributed by atoms with Crippen molar-refractivity contribution in [3.63, 3.8) is 0 Å². The Morgan fingerprint density at radius 2 is 1.84 bits per heavy atom. The number of benzene rings is 2. The highest BCUT2D eigenvalue weighted by atomic mass is 16.5. The van der Waals surface area contributed by atoms with Crippen LogP contribution in [0.2, 0.25) is 0 Å². The standard InChI is InChI=1S/C15H16N2O2/c1-11-6-2-5-9-14(11)19-10-12-7-3-4-8-13(12)15(18)17-16/h2-9H,10,16H2,1H3,(H,17,18). The highest BCUT2D eigenvalue weighted by molar-refractivity contribution is 5.95. The summed E-state index contributed by atoms with van der Waals surface area (Å²) in [5.74, 6) is 5.66. The van der Waals surface area contributed by atoms with Gasteiger partial charge in [0.2, 0.25) is 0 Å². The van der Waals surface area contributed by atoms with Gasteiger partial charge in [-0.1, -0.05) is 36.4 Å². The molecule has 19 heavy (non-hydrogen) atoms. The number of rotatable bonds is 4. The van der Waals surface area contributed by atoms with Crippen molar-refractivity contribution in [1.82, 2.24) is 5.43 Å². The fraction of sp³-hybridized carbons (Fsp3) is 0.133. The Labute approximate surface area is 112 Å². The quantitative estimate of drug-likeness (QED) is 0.500. The van der Waals surface area contributed by atoms with E-state index in [1.807, 2.05) is 43.3 Å². The summed E-state index contributed by atoms with van der Waals surface area (Å²) >= 11 is 0. The number of ether oxygens (including phenoxy) is 1. The Balaban J connectivity index is 2.16. The number of aryl methyl sites for hydroxylation is 1. The average Bonchev–Trinajstić information content (AvgIpc) is 2.46. The number of hydrogen-bond acceptors (Lipinski definition) is 3. The molecule has 0 saturated carbocycles. The number of amides is 1. The van der Waals surface area contributed by atoms with Crippen molar-refractivity contribution in [2.24, 2.45) is 5.84 Å². The molecule has 0 aromatic heterocycles. The number of nitrogens with two attached hydrogens (primary N) is 1. The number of nitrogens with one attached hydrogen (secondary N) is 1. The summed E-state index contributed by atoms with van der Waals surface area (Å²) < 4.78 is 5.74. The van der Waals surface area contributed by atoms with Crippen LogP contribution in [0.3, 0.4) is 0 Å². The number of nitrogen functional groups attached to an aromatic ring is 1. The minimum atomic E-state index is -0.316. The maximum atomic E-state index is 11.6. The summed E-state index contributed by atoms with van der Waals surface area (Å²) in [6, 6.07) is 15.0. The van der Waals surface area contributed by atoms with E-state index in [0.29, 0.717) is 12.2 Å². The van der Waals surface area contributed by atoms with Crippen molar-refractivity contribution >= 4 is 5.91 Å². The summed E-state index contributed by atoms with van der Waals surface area (Å²) in [5, 5.41) is 0. The lowest BCUT2D eigenvalue weighted by molar-refractivity contribution is 0.0951. The normalized spacial score (nSPS) is 10.0. The predicted molar refractivity (Wildman–Crippen MR) is 73.6 cm³/mol. The molecule has 2 rings (SSSR count). The molecule has 0 saturated heterocycles. The van der Waals surface area contributed by atoms with Gasteiger partial charge in [0.1, 0.15) is 12.4 Å². The molecule has 0 atom stereocenters. The van der Waals surface area contributed by atoms with Gasteiger partial charge in [-0.05, 0) is 24.6 Å². The van der Waals surface area contributed by atoms with E-state index in [9.17, 15) is 4.79 Å². The first-order valence-corrected chi connectivity index (χ1v) is 5.99. The molecule has 0 heterocycles. The Morgan fingerprint density at radius 1 is 1.16 bits per heavy atom. The number of para-hydroxylation sites is 1. The Bertz CT molecular complexity index is 582. The van der Waals surface area contributed by atoms with Crippen LogP contribution < -0.4 is 16.0 Å². The van der Waals surface area contributed by atoms with Gasteiger partial charge in [0.05, 0.1) is 0 Å². The third-order valence-electron chi connectivity index (χ3n) is 2.87. The fourth-order valence-corrected chi connectivity index (χ4v) is 1.82. The molecule has 0 unspecified atom stereocenters. The maximum absolute atomic E-state index is 11.6. The summed E-state index contributed by atoms with van der Waals surface area (Å²) in [7, 11) is 0. The van der Waals surface area contributed by atoms with Gasteiger partial charge in [0.15, 0.2) is 0 Å². The molecule has 4 nitrogen and oxygen atoms in total. The SMILES string of the molecule is Cc1ccccc1OCc1ccccc1C(=O)NN. The molecule has 2 aromatic rings. The second-order valence-electron chi connectivity index (χ2n) is 4.18. The minimum absolute atomic E-state index is 0.316. The molecular weight excluding hydrogens is 240 g/mol. The molecule has 0 aliphatic heterocycles. The molecule has 0 fully saturated rings. The van der Waals surface area contributed by atoms with Gasteiger partial charge < -0.3 is 4.74 Å². The molecule has 1 amide bonds. The molecule has 0 bridgehead atoms. The summed E-state index contributed by atoms with van der Waals surface area (Å²) in [5.41, 5.74) is 4.52. The summed E-state index contributed by atoms with van der Waals surface area (Å²) in [4.78, 5) is 11.6. The number of carbonyl (C=O) groups is 1. The molecule has 0 aliphatic carbocycles. The van der Waals surface area contributed by atoms with Crippen molar-refractivity contribution < 1.29 is 9.53 Å². The van der Waals surface area contributed by atoms with Crippen LogP contribution in [-0.4, -0.2) is 5.91 Å². The van der Waals surface area contributed by atoms with E-state index < -0.39 is 0 Å². The van der Waals surface area contributed by atoms with Crippen LogP contribution in [0.4, 0.5) is 0 Å². The van der Waals surface area contributed by atoms with E-state index in [4.69, 9.17) is 10.6 Å². The predicted octanol–water partition coefficient (Wildman–Crippen LogP) is 2.18. The van der Waals surface area contributed by atoms with Crippen molar-refractivity contribution in [1.29, 1.82) is 0 Å². The van der Waals surface area contributed by atoms with E-state index in [1.165, 1.54) is 0 Å². The third-order valence-corrected chi connectivity index (χ3v) is 2.87. The Morgan fingerprint density at radius 3 is 2.58 bits per heavy atom. The zero-order valence-electron chi connectivity index (χ0n) is 10.7. The van der Waals surface area contributed by atoms with E-state index >= 15 is 0 Å². The van der Waals surface area contributed by atoms with Gasteiger partial charge in [-0.3, -0.25) is 10.2 Å². The average molecular weight is 256 g/mol. The molecule has 0 radical (unpaired) electrons. The Hall–Kier alpha value is -2.33. The molecule has 2 aromatic carbocycles. The third kappa shape index (κ3) is 3.11. The second kappa shape index (κ2) is 6.02. The molecule has 0 spiro atoms. The summed E-state index contributed by atoms with van der Waals surface area (Å²) in [6.07, 6.45) is 0. The van der Waals surface area contributed by atoms with E-state index in [0.717, 1.165) is 16.9 Å². The first-order valence-electron chi connectivity index (χ1n) is 5.99. The summed E-state index contributed by atoms with van der Waals surface area (Å²) in [6.45, 7) is 2.31. The lowest BCUT2D eigenvalue weighted by Gasteiger charge is -2.11. The van der Waals surface area contributed by atoms with Gasteiger partial charge in [0.25, 0.3) is 5.91 Å². The zero-order chi connectivity index (χ0) is 13.7. The number of carbonyl (C=O) groups excluding carboxylic acids is 1. The lowest BCUT2D eigenvalue weighted by atomic mass is 10.1. The van der Waals surface area contributed by atoms with Gasteiger partial charge in [0, 0.05) is 11.1 Å². The van der Waals surface area contributed by atoms with Crippen LogP contribution in [-0.2, 0) is 6.61 Å². The highest BCUT2D eigenvalue weighted by Gasteiger charge is 2.10. The highest BCUT2D eigenvalue weighted by Crippen LogP contribution is 2.19. The topological polar surface area (TPSA) is 64.3 Å². The number of hydrogen-bond donors (Lipinski definition) is 2. The second-order valence-corrected chi connectivity index (χ2v) is 4.18. The largest absolute Gasteiger partial charge is 0.489 e. The van der Waals surface area contributed by atoms with E-state index in [1.54, 1.807) is 12.1 Å². The van der Waals surface area contributed by atoms with Crippen LogP contribution in [0.25, 0.3) is 0 Å². The molecule has 3 N–H and O–H groups in total. The zero-order valence-corrected chi connectivity index (χ0v) is 10.7. The molecule has 4 heteroatoms. The van der Waals surface area contributed by atoms with E-state index in [2.05, 4.69) is 5.43 Å². The van der Waals surface area contributed by atoms with Crippen molar-refractivity contribution in [3.05, 3.63) is 65.2 Å². The van der Waals surface area contributed by atoms with E-state index in [-0.39, 0.29) is 5.91 Å². The first kappa shape index (κ1) is 13.1. The minimum Gasteiger partial charge on any atom is -0.489 e.